The van der Waals surface area contributed by atoms with Gasteiger partial charge in [0.05, 0.1) is 12.8 Å². The number of methoxy groups -OCH3 is 1. The van der Waals surface area contributed by atoms with Crippen LogP contribution in [0.1, 0.15) is 40.6 Å². The normalized spacial score (nSPS) is 10.9. The van der Waals surface area contributed by atoms with Gasteiger partial charge in [-0.3, -0.25) is 0 Å². The number of hydrogen-bond donors (Lipinski definition) is 2. The van der Waals surface area contributed by atoms with Crippen molar-refractivity contribution in [2.45, 2.75) is 26.7 Å². The molecule has 0 atom stereocenters. The van der Waals surface area contributed by atoms with Crippen LogP contribution in [0.25, 0.3) is 10.4 Å². The van der Waals surface area contributed by atoms with Gasteiger partial charge in [-0.05, 0) is 35.6 Å². The SMILES string of the molecule is COc1cc(-c2sc(C(=O)O)c(N)c2C(C)C)ccc1C. The number of carboxylic acids is 1. The molecule has 0 saturated carbocycles. The lowest BCUT2D eigenvalue weighted by atomic mass is 9.97. The van der Waals surface area contributed by atoms with E-state index >= 15 is 0 Å². The van der Waals surface area contributed by atoms with Gasteiger partial charge < -0.3 is 15.6 Å². The Morgan fingerprint density at radius 1 is 1.38 bits per heavy atom. The van der Waals surface area contributed by atoms with Gasteiger partial charge in [-0.25, -0.2) is 4.79 Å². The summed E-state index contributed by atoms with van der Waals surface area (Å²) in [6.07, 6.45) is 0. The molecule has 4 nitrogen and oxygen atoms in total. The molecule has 0 radical (unpaired) electrons. The molecule has 21 heavy (non-hydrogen) atoms. The topological polar surface area (TPSA) is 72.5 Å². The number of hydrogen-bond acceptors (Lipinski definition) is 4. The number of nitrogen functional groups attached to an aromatic ring is 1. The number of benzene rings is 1. The average Bonchev–Trinajstić information content (AvgIpc) is 2.77. The molecule has 0 aliphatic rings. The Balaban J connectivity index is 2.68. The Morgan fingerprint density at radius 3 is 2.57 bits per heavy atom. The van der Waals surface area contributed by atoms with Crippen LogP contribution in [-0.2, 0) is 0 Å². The van der Waals surface area contributed by atoms with E-state index in [1.54, 1.807) is 7.11 Å². The first-order valence-electron chi connectivity index (χ1n) is 6.67. The van der Waals surface area contributed by atoms with Crippen molar-refractivity contribution in [3.05, 3.63) is 34.2 Å². The first kappa shape index (κ1) is 15.4. The first-order valence-corrected chi connectivity index (χ1v) is 7.48. The third-order valence-corrected chi connectivity index (χ3v) is 4.68. The lowest BCUT2D eigenvalue weighted by Crippen LogP contribution is -2.00. The molecule has 0 aliphatic heterocycles. The summed E-state index contributed by atoms with van der Waals surface area (Å²) in [4.78, 5) is 12.4. The predicted octanol–water partition coefficient (Wildman–Crippen LogP) is 4.14. The molecule has 0 unspecified atom stereocenters. The Morgan fingerprint density at radius 2 is 2.05 bits per heavy atom. The van der Waals surface area contributed by atoms with E-state index in [-0.39, 0.29) is 10.8 Å². The molecule has 3 N–H and O–H groups in total. The van der Waals surface area contributed by atoms with Crippen LogP contribution in [0.3, 0.4) is 0 Å². The number of aryl methyl sites for hydroxylation is 1. The second kappa shape index (κ2) is 5.77. The lowest BCUT2D eigenvalue weighted by Gasteiger charge is -2.11. The summed E-state index contributed by atoms with van der Waals surface area (Å²) in [5.74, 6) is -0.0487. The number of thiophene rings is 1. The summed E-state index contributed by atoms with van der Waals surface area (Å²) in [5.41, 5.74) is 9.28. The molecule has 2 aromatic rings. The van der Waals surface area contributed by atoms with Gasteiger partial charge in [-0.2, -0.15) is 0 Å². The van der Waals surface area contributed by atoms with E-state index in [0.29, 0.717) is 5.69 Å². The van der Waals surface area contributed by atoms with E-state index in [1.165, 1.54) is 11.3 Å². The molecule has 1 heterocycles. The van der Waals surface area contributed by atoms with Crippen molar-refractivity contribution in [3.8, 4) is 16.2 Å². The maximum absolute atomic E-state index is 11.3. The molecular formula is C16H19NO3S. The van der Waals surface area contributed by atoms with Crippen molar-refractivity contribution in [1.29, 1.82) is 0 Å². The average molecular weight is 305 g/mol. The summed E-state index contributed by atoms with van der Waals surface area (Å²) < 4.78 is 5.35. The van der Waals surface area contributed by atoms with Crippen molar-refractivity contribution in [2.24, 2.45) is 0 Å². The van der Waals surface area contributed by atoms with E-state index in [9.17, 15) is 9.90 Å². The van der Waals surface area contributed by atoms with Gasteiger partial charge in [0, 0.05) is 4.88 Å². The van der Waals surface area contributed by atoms with E-state index in [4.69, 9.17) is 10.5 Å². The van der Waals surface area contributed by atoms with Crippen molar-refractivity contribution in [2.75, 3.05) is 12.8 Å². The van der Waals surface area contributed by atoms with E-state index in [0.717, 1.165) is 27.3 Å². The monoisotopic (exact) mass is 305 g/mol. The largest absolute Gasteiger partial charge is 0.496 e. The van der Waals surface area contributed by atoms with Gasteiger partial charge >= 0.3 is 5.97 Å². The zero-order valence-corrected chi connectivity index (χ0v) is 13.4. The highest BCUT2D eigenvalue weighted by Gasteiger charge is 2.23. The smallest absolute Gasteiger partial charge is 0.348 e. The minimum atomic E-state index is -0.982. The highest BCUT2D eigenvalue weighted by Crippen LogP contribution is 2.43. The molecular weight excluding hydrogens is 286 g/mol. The van der Waals surface area contributed by atoms with Crippen LogP contribution in [0.15, 0.2) is 18.2 Å². The quantitative estimate of drug-likeness (QED) is 0.890. The zero-order valence-electron chi connectivity index (χ0n) is 12.6. The molecule has 0 fully saturated rings. The molecule has 0 spiro atoms. The molecule has 0 saturated heterocycles. The number of nitrogens with two attached hydrogens (primary N) is 1. The molecule has 1 aromatic heterocycles. The van der Waals surface area contributed by atoms with Crippen molar-refractivity contribution in [1.82, 2.24) is 0 Å². The predicted molar refractivity (Wildman–Crippen MR) is 86.5 cm³/mol. The fourth-order valence-corrected chi connectivity index (χ4v) is 3.58. The fourth-order valence-electron chi connectivity index (χ4n) is 2.36. The summed E-state index contributed by atoms with van der Waals surface area (Å²) in [5, 5.41) is 9.28. The van der Waals surface area contributed by atoms with Crippen molar-refractivity contribution < 1.29 is 14.6 Å². The Labute approximate surface area is 128 Å². The van der Waals surface area contributed by atoms with Crippen molar-refractivity contribution >= 4 is 23.0 Å². The Hall–Kier alpha value is -2.01. The van der Waals surface area contributed by atoms with Gasteiger partial charge in [-0.1, -0.05) is 26.0 Å². The molecule has 112 valence electrons. The number of rotatable bonds is 4. The lowest BCUT2D eigenvalue weighted by molar-refractivity contribution is 0.0703. The van der Waals surface area contributed by atoms with Crippen LogP contribution in [-0.4, -0.2) is 18.2 Å². The second-order valence-corrected chi connectivity index (χ2v) is 6.25. The summed E-state index contributed by atoms with van der Waals surface area (Å²) >= 11 is 1.22. The number of ether oxygens (including phenoxy) is 1. The molecule has 2 rings (SSSR count). The highest BCUT2D eigenvalue weighted by atomic mass is 32.1. The Kier molecular flexibility index (Phi) is 4.23. The number of carbonyl (C=O) groups is 1. The van der Waals surface area contributed by atoms with E-state index < -0.39 is 5.97 Å². The minimum absolute atomic E-state index is 0.150. The molecule has 5 heteroatoms. The van der Waals surface area contributed by atoms with Gasteiger partial charge in [-0.15, -0.1) is 11.3 Å². The minimum Gasteiger partial charge on any atom is -0.496 e. The van der Waals surface area contributed by atoms with Crippen LogP contribution in [0.2, 0.25) is 0 Å². The maximum atomic E-state index is 11.3. The zero-order chi connectivity index (χ0) is 15.7. The van der Waals surface area contributed by atoms with Crippen LogP contribution in [0.5, 0.6) is 5.75 Å². The van der Waals surface area contributed by atoms with E-state index in [1.807, 2.05) is 39.0 Å². The van der Waals surface area contributed by atoms with Crippen LogP contribution < -0.4 is 10.5 Å². The fraction of sp³-hybridized carbons (Fsp3) is 0.312. The van der Waals surface area contributed by atoms with Gasteiger partial charge in [0.2, 0.25) is 0 Å². The number of carboxylic acid groups (broad SMARTS) is 1. The van der Waals surface area contributed by atoms with Gasteiger partial charge in [0.25, 0.3) is 0 Å². The highest BCUT2D eigenvalue weighted by molar-refractivity contribution is 7.18. The third kappa shape index (κ3) is 2.74. The summed E-state index contributed by atoms with van der Waals surface area (Å²) in [6.45, 7) is 6.00. The van der Waals surface area contributed by atoms with Gasteiger partial charge in [0.1, 0.15) is 10.6 Å². The summed E-state index contributed by atoms with van der Waals surface area (Å²) in [6, 6.07) is 5.87. The second-order valence-electron chi connectivity index (χ2n) is 5.23. The van der Waals surface area contributed by atoms with Crippen LogP contribution in [0.4, 0.5) is 5.69 Å². The van der Waals surface area contributed by atoms with Crippen molar-refractivity contribution in [3.63, 3.8) is 0 Å². The first-order chi connectivity index (χ1) is 9.86. The van der Waals surface area contributed by atoms with Crippen LogP contribution >= 0.6 is 11.3 Å². The summed E-state index contributed by atoms with van der Waals surface area (Å²) in [7, 11) is 1.63. The number of aromatic carboxylic acids is 1. The number of anilines is 1. The molecule has 1 aromatic carbocycles. The maximum Gasteiger partial charge on any atom is 0.348 e. The Bertz CT molecular complexity index is 689. The molecule has 0 aliphatic carbocycles. The van der Waals surface area contributed by atoms with E-state index in [2.05, 4.69) is 0 Å². The third-order valence-electron chi connectivity index (χ3n) is 3.43. The molecule has 0 bridgehead atoms. The standard InChI is InChI=1S/C16H19NO3S/c1-8(2)12-13(17)15(16(18)19)21-14(12)10-6-5-9(3)11(7-10)20-4/h5-8H,17H2,1-4H3,(H,18,19). The van der Waals surface area contributed by atoms with Crippen LogP contribution in [0, 0.1) is 6.92 Å². The van der Waals surface area contributed by atoms with Gasteiger partial charge in [0.15, 0.2) is 0 Å². The molecule has 0 amide bonds.